The molecule has 0 bridgehead atoms. The molecule has 3 aromatic rings. The number of nitrogens with one attached hydrogen (secondary N) is 2. The van der Waals surface area contributed by atoms with E-state index in [0.29, 0.717) is 29.9 Å². The minimum Gasteiger partial charge on any atom is -0.502 e. The largest absolute Gasteiger partial charge is 0.502 e. The average molecular weight is 643 g/mol. The van der Waals surface area contributed by atoms with Crippen molar-refractivity contribution in [2.45, 2.75) is 75.5 Å². The van der Waals surface area contributed by atoms with Crippen molar-refractivity contribution in [3.05, 3.63) is 64.2 Å². The first kappa shape index (κ1) is 30.2. The molecule has 3 aliphatic heterocycles. The molecule has 1 saturated carbocycles. The second-order valence-corrected chi connectivity index (χ2v) is 13.4. The molecule has 0 unspecified atom stereocenters. The Hall–Kier alpha value is -4.12. The molecule has 1 fully saturated rings. The van der Waals surface area contributed by atoms with E-state index in [1.54, 1.807) is 19.2 Å². The molecule has 0 spiro atoms. The van der Waals surface area contributed by atoms with Crippen molar-refractivity contribution in [2.24, 2.45) is 5.92 Å². The Morgan fingerprint density at radius 2 is 1.60 bits per heavy atom. The van der Waals surface area contributed by atoms with Gasteiger partial charge in [0, 0.05) is 64.4 Å². The number of anilines is 1. The zero-order valence-corrected chi connectivity index (χ0v) is 27.2. The number of phenolic OH excluding ortho intramolecular Hbond substituents is 1. The zero-order valence-electron chi connectivity index (χ0n) is 27.2. The van der Waals surface area contributed by atoms with Crippen molar-refractivity contribution in [3.8, 4) is 45.6 Å². The van der Waals surface area contributed by atoms with Crippen LogP contribution in [0.5, 0.6) is 34.5 Å². The van der Waals surface area contributed by atoms with Crippen LogP contribution in [0.2, 0.25) is 0 Å². The van der Waals surface area contributed by atoms with E-state index in [4.69, 9.17) is 23.7 Å². The number of aliphatic hydroxyl groups is 2. The number of benzene rings is 3. The van der Waals surface area contributed by atoms with E-state index in [-0.39, 0.29) is 35.8 Å². The van der Waals surface area contributed by atoms with Gasteiger partial charge in [-0.25, -0.2) is 0 Å². The van der Waals surface area contributed by atoms with Gasteiger partial charge in [-0.15, -0.1) is 0 Å². The molecule has 248 valence electrons. The maximum Gasteiger partial charge on any atom is 0.200 e. The third-order valence-corrected chi connectivity index (χ3v) is 10.8. The molecular formula is C37H42N2O8. The minimum absolute atomic E-state index is 0.0942. The lowest BCUT2D eigenvalue weighted by atomic mass is 9.74. The van der Waals surface area contributed by atoms with Crippen molar-refractivity contribution in [3.63, 3.8) is 0 Å². The fourth-order valence-electron chi connectivity index (χ4n) is 8.63. The van der Waals surface area contributed by atoms with E-state index in [2.05, 4.69) is 29.7 Å². The summed E-state index contributed by atoms with van der Waals surface area (Å²) >= 11 is 0. The lowest BCUT2D eigenvalue weighted by Crippen LogP contribution is -2.61. The summed E-state index contributed by atoms with van der Waals surface area (Å²) in [5.74, 6) is 2.11. The lowest BCUT2D eigenvalue weighted by molar-refractivity contribution is -0.0467. The number of ether oxygens (including phenoxy) is 5. The summed E-state index contributed by atoms with van der Waals surface area (Å²) in [6, 6.07) is 7.43. The molecule has 0 radical (unpaired) electrons. The molecule has 8 rings (SSSR count). The Morgan fingerprint density at radius 3 is 2.34 bits per heavy atom. The lowest BCUT2D eigenvalue weighted by Gasteiger charge is -2.48. The molecule has 5 N–H and O–H groups in total. The van der Waals surface area contributed by atoms with Crippen LogP contribution in [-0.2, 0) is 12.8 Å². The van der Waals surface area contributed by atoms with Gasteiger partial charge in [0.05, 0.1) is 39.6 Å². The van der Waals surface area contributed by atoms with Crippen molar-refractivity contribution >= 4 is 5.69 Å². The van der Waals surface area contributed by atoms with E-state index < -0.39 is 24.0 Å². The Bertz CT molecular complexity index is 1760. The molecule has 3 heterocycles. The monoisotopic (exact) mass is 642 g/mol. The summed E-state index contributed by atoms with van der Waals surface area (Å²) in [5.41, 5.74) is 6.13. The van der Waals surface area contributed by atoms with Gasteiger partial charge in [-0.1, -0.05) is 18.6 Å². The van der Waals surface area contributed by atoms with Crippen LogP contribution in [0.3, 0.4) is 0 Å². The highest BCUT2D eigenvalue weighted by atomic mass is 16.5. The fourth-order valence-corrected chi connectivity index (χ4v) is 8.63. The normalized spacial score (nSPS) is 28.2. The highest BCUT2D eigenvalue weighted by Crippen LogP contribution is 2.58. The van der Waals surface area contributed by atoms with Gasteiger partial charge >= 0.3 is 0 Å². The van der Waals surface area contributed by atoms with Crippen LogP contribution in [0.25, 0.3) is 11.1 Å². The molecule has 6 atom stereocenters. The van der Waals surface area contributed by atoms with E-state index in [1.807, 2.05) is 12.1 Å². The Labute approximate surface area is 274 Å². The molecule has 0 amide bonds. The first-order valence-electron chi connectivity index (χ1n) is 16.6. The number of rotatable bonds is 6. The van der Waals surface area contributed by atoms with E-state index in [9.17, 15) is 15.3 Å². The smallest absolute Gasteiger partial charge is 0.200 e. The van der Waals surface area contributed by atoms with Crippen LogP contribution in [0, 0.1) is 5.92 Å². The van der Waals surface area contributed by atoms with Crippen LogP contribution in [0.15, 0.2) is 36.4 Å². The summed E-state index contributed by atoms with van der Waals surface area (Å²) < 4.78 is 30.2. The van der Waals surface area contributed by atoms with Crippen LogP contribution in [0.4, 0.5) is 5.69 Å². The molecule has 10 heteroatoms. The van der Waals surface area contributed by atoms with Gasteiger partial charge in [-0.05, 0) is 55.9 Å². The quantitative estimate of drug-likeness (QED) is 0.216. The number of aromatic hydroxyl groups is 1. The van der Waals surface area contributed by atoms with Crippen LogP contribution < -0.4 is 34.3 Å². The molecule has 2 aliphatic carbocycles. The highest BCUT2D eigenvalue weighted by molar-refractivity contribution is 5.93. The number of phenols is 1. The topological polar surface area (TPSA) is 131 Å². The van der Waals surface area contributed by atoms with Crippen molar-refractivity contribution in [1.82, 2.24) is 5.32 Å². The highest BCUT2D eigenvalue weighted by Gasteiger charge is 2.47. The Morgan fingerprint density at radius 1 is 0.851 bits per heavy atom. The molecule has 0 aromatic heterocycles. The van der Waals surface area contributed by atoms with Gasteiger partial charge in [0.2, 0.25) is 5.75 Å². The minimum atomic E-state index is -1.02. The fraction of sp³-hybridized carbons (Fsp3) is 0.459. The number of hydrogen-bond acceptors (Lipinski definition) is 10. The standard InChI is InChI=1S/C37H42N2O8/c1-18-8-9-20-7-5-6-12-37(20,39-18)47-27-16-25(43-2)21-10-11-22-30-24(38-36(42)33(27)32(21)30)15-26-31(22)34(40)23(17-46-26)19-13-28(44-3)35(41)29(14-19)45-4/h8-9,13-16,18,20,23,34,36,38-42H,5-7,10-12,17H2,1-4H3/t18-,20+,23+,34+,36+,37+/m1/s1. The van der Waals surface area contributed by atoms with Crippen molar-refractivity contribution in [1.29, 1.82) is 0 Å². The van der Waals surface area contributed by atoms with Crippen LogP contribution >= 0.6 is 0 Å². The maximum absolute atomic E-state index is 12.1. The zero-order chi connectivity index (χ0) is 32.6. The third-order valence-electron chi connectivity index (χ3n) is 10.8. The van der Waals surface area contributed by atoms with Crippen LogP contribution in [0.1, 0.15) is 78.7 Å². The number of aliphatic hydroxyl groups excluding tert-OH is 2. The van der Waals surface area contributed by atoms with Gasteiger partial charge in [0.1, 0.15) is 17.2 Å². The van der Waals surface area contributed by atoms with Gasteiger partial charge in [0.15, 0.2) is 23.5 Å². The number of fused-ring (bicyclic) bond motifs is 3. The molecule has 10 nitrogen and oxygen atoms in total. The van der Waals surface area contributed by atoms with E-state index >= 15 is 0 Å². The SMILES string of the molecule is COc1cc([C@@H]2COc3cc4c5c(c3[C@H]2O)CCc2c(OC)cc(O[C@@]36CCCC[C@H]3C=C[C@@H](C)N6)c(c2-5)[C@H](O)N4)cc(OC)c1O. The van der Waals surface area contributed by atoms with Gasteiger partial charge in [-0.3, -0.25) is 5.32 Å². The first-order valence-corrected chi connectivity index (χ1v) is 16.6. The molecular weight excluding hydrogens is 600 g/mol. The molecule has 0 saturated heterocycles. The van der Waals surface area contributed by atoms with Crippen molar-refractivity contribution in [2.75, 3.05) is 33.3 Å². The summed E-state index contributed by atoms with van der Waals surface area (Å²) in [6.45, 7) is 2.35. The molecule has 5 aliphatic rings. The average Bonchev–Trinajstić information content (AvgIpc) is 3.07. The third kappa shape index (κ3) is 4.56. The second-order valence-electron chi connectivity index (χ2n) is 13.4. The summed E-state index contributed by atoms with van der Waals surface area (Å²) in [6.07, 6.45) is 7.98. The predicted octanol–water partition coefficient (Wildman–Crippen LogP) is 5.62. The van der Waals surface area contributed by atoms with Crippen LogP contribution in [-0.4, -0.2) is 55.0 Å². The predicted molar refractivity (Wildman–Crippen MR) is 176 cm³/mol. The summed E-state index contributed by atoms with van der Waals surface area (Å²) in [7, 11) is 4.64. The van der Waals surface area contributed by atoms with Gasteiger partial charge < -0.3 is 44.3 Å². The van der Waals surface area contributed by atoms with E-state index in [0.717, 1.165) is 70.5 Å². The van der Waals surface area contributed by atoms with Crippen molar-refractivity contribution < 1.29 is 39.0 Å². The first-order chi connectivity index (χ1) is 22.8. The summed E-state index contributed by atoms with van der Waals surface area (Å²) in [4.78, 5) is 0. The number of methoxy groups -OCH3 is 3. The molecule has 3 aromatic carbocycles. The van der Waals surface area contributed by atoms with Gasteiger partial charge in [0.25, 0.3) is 0 Å². The van der Waals surface area contributed by atoms with Gasteiger partial charge in [-0.2, -0.15) is 0 Å². The summed E-state index contributed by atoms with van der Waals surface area (Å²) in [5, 5.41) is 41.4. The number of hydrogen-bond donors (Lipinski definition) is 5. The second kappa shape index (κ2) is 11.2. The Kier molecular flexibility index (Phi) is 7.23. The maximum atomic E-state index is 12.1. The molecule has 47 heavy (non-hydrogen) atoms. The van der Waals surface area contributed by atoms with E-state index in [1.165, 1.54) is 14.2 Å². The Balaban J connectivity index is 1.27.